The molecule has 3 atom stereocenters. The number of guanidine groups is 2. The Labute approximate surface area is 231 Å². The van der Waals surface area contributed by atoms with Gasteiger partial charge in [0.05, 0.1) is 6.42 Å². The van der Waals surface area contributed by atoms with E-state index in [9.17, 15) is 24.3 Å². The molecule has 0 radical (unpaired) electrons. The van der Waals surface area contributed by atoms with E-state index in [0.717, 1.165) is 32.1 Å². The number of carboxylic acid groups (broad SMARTS) is 1. The van der Waals surface area contributed by atoms with Gasteiger partial charge in [0.15, 0.2) is 11.9 Å². The molecule has 0 rings (SSSR count). The number of carboxylic acids is 1. The van der Waals surface area contributed by atoms with Crippen molar-refractivity contribution in [2.45, 2.75) is 103 Å². The van der Waals surface area contributed by atoms with Gasteiger partial charge in [-0.2, -0.15) is 0 Å². The van der Waals surface area contributed by atoms with E-state index in [1.54, 1.807) is 0 Å². The maximum atomic E-state index is 13.0. The molecule has 0 bridgehead atoms. The van der Waals surface area contributed by atoms with Crippen molar-refractivity contribution in [3.63, 3.8) is 0 Å². The Hall–Kier alpha value is -3.58. The Balaban J connectivity index is 4.66. The van der Waals surface area contributed by atoms with Crippen molar-refractivity contribution in [1.29, 1.82) is 10.8 Å². The Morgan fingerprint density at radius 3 is 1.72 bits per heavy atom. The van der Waals surface area contributed by atoms with E-state index < -0.39 is 30.5 Å². The number of hydrogen-bond acceptors (Lipinski definition) is 6. The van der Waals surface area contributed by atoms with Gasteiger partial charge in [-0.25, -0.2) is 0 Å². The predicted molar refractivity (Wildman–Crippen MR) is 150 cm³/mol. The number of hydrogen-bond donors (Lipinski definition) is 10. The van der Waals surface area contributed by atoms with Crippen molar-refractivity contribution in [2.24, 2.45) is 17.4 Å². The molecular formula is C25H49N9O5. The highest BCUT2D eigenvalue weighted by Crippen LogP contribution is 2.10. The summed E-state index contributed by atoms with van der Waals surface area (Å²) in [5.41, 5.74) is 10.4. The zero-order valence-corrected chi connectivity index (χ0v) is 23.4. The number of carbonyl (C=O) groups is 4. The fourth-order valence-corrected chi connectivity index (χ4v) is 3.76. The molecule has 0 fully saturated rings. The molecule has 14 heteroatoms. The predicted octanol–water partition coefficient (Wildman–Crippen LogP) is 0.418. The van der Waals surface area contributed by atoms with Gasteiger partial charge in [-0.05, 0) is 31.6 Å². The van der Waals surface area contributed by atoms with Gasteiger partial charge in [0, 0.05) is 25.9 Å². The lowest BCUT2D eigenvalue weighted by molar-refractivity contribution is -0.138. The van der Waals surface area contributed by atoms with Crippen LogP contribution < -0.4 is 38.1 Å². The third-order valence-electron chi connectivity index (χ3n) is 6.13. The molecule has 14 nitrogen and oxygen atoms in total. The summed E-state index contributed by atoms with van der Waals surface area (Å²) in [5.74, 6) is -2.78. The molecule has 0 heterocycles. The molecule has 0 aliphatic carbocycles. The molecule has 224 valence electrons. The second-order valence-electron chi connectivity index (χ2n) is 9.67. The van der Waals surface area contributed by atoms with Crippen LogP contribution in [-0.4, -0.2) is 66.0 Å². The largest absolute Gasteiger partial charge is 0.481 e. The van der Waals surface area contributed by atoms with Crippen molar-refractivity contribution in [3.05, 3.63) is 0 Å². The third kappa shape index (κ3) is 20.1. The maximum Gasteiger partial charge on any atom is 0.307 e. The van der Waals surface area contributed by atoms with E-state index in [-0.39, 0.29) is 42.5 Å². The number of rotatable bonds is 22. The van der Waals surface area contributed by atoms with Crippen molar-refractivity contribution in [2.75, 3.05) is 13.1 Å². The number of carbonyl (C=O) groups excluding carboxylic acids is 3. The molecule has 3 amide bonds. The molecule has 39 heavy (non-hydrogen) atoms. The lowest BCUT2D eigenvalue weighted by atomic mass is 9.97. The standard InChI is InChI=1S/C25H49N9O5/c1-3-17(2)22(34-20(36)13-9-11-15-31-25(28)29)23(39)33-18(16-21(37)38)32-19(35)12-8-6-4-5-7-10-14-30-24(26)27/h17-18,22H,3-16H2,1-2H3,(H,32,35)(H,33,39)(H,34,36)(H,37,38)(H4,26,27,30)(H4,28,29,31)/t17-,18+,22-/m0/s1. The van der Waals surface area contributed by atoms with Gasteiger partial charge in [-0.1, -0.05) is 46.0 Å². The zero-order chi connectivity index (χ0) is 29.6. The molecule has 0 aromatic heterocycles. The lowest BCUT2D eigenvalue weighted by Gasteiger charge is -2.27. The SMILES string of the molecule is CC[C@H](C)[C@H](NC(=O)CCCCNC(=N)N)C(=O)N[C@H](CC(=O)O)NC(=O)CCCCCCCCNC(=N)N. The molecule has 0 aliphatic heterocycles. The average molecular weight is 556 g/mol. The summed E-state index contributed by atoms with van der Waals surface area (Å²) in [7, 11) is 0. The van der Waals surface area contributed by atoms with Crippen LogP contribution in [0.5, 0.6) is 0 Å². The highest BCUT2D eigenvalue weighted by atomic mass is 16.4. The number of nitrogens with two attached hydrogens (primary N) is 2. The van der Waals surface area contributed by atoms with E-state index >= 15 is 0 Å². The number of unbranched alkanes of at least 4 members (excludes halogenated alkanes) is 6. The van der Waals surface area contributed by atoms with E-state index in [4.69, 9.17) is 22.3 Å². The minimum Gasteiger partial charge on any atom is -0.481 e. The van der Waals surface area contributed by atoms with Crippen molar-refractivity contribution in [3.8, 4) is 0 Å². The average Bonchev–Trinajstić information content (AvgIpc) is 2.84. The van der Waals surface area contributed by atoms with Gasteiger partial charge in [0.2, 0.25) is 17.7 Å². The minimum atomic E-state index is -1.18. The van der Waals surface area contributed by atoms with Crippen LogP contribution in [0.3, 0.4) is 0 Å². The summed E-state index contributed by atoms with van der Waals surface area (Å²) in [5, 5.41) is 36.8. The van der Waals surface area contributed by atoms with E-state index in [0.29, 0.717) is 38.8 Å². The quantitative estimate of drug-likeness (QED) is 0.0384. The summed E-state index contributed by atoms with van der Waals surface area (Å²) in [6.07, 6.45) is 5.90. The summed E-state index contributed by atoms with van der Waals surface area (Å²) in [4.78, 5) is 49.2. The topological polar surface area (TPSA) is 248 Å². The van der Waals surface area contributed by atoms with Crippen molar-refractivity contribution in [1.82, 2.24) is 26.6 Å². The first kappa shape index (κ1) is 35.4. The van der Waals surface area contributed by atoms with Crippen LogP contribution in [0.1, 0.15) is 90.9 Å². The van der Waals surface area contributed by atoms with Gasteiger partial charge in [0.25, 0.3) is 0 Å². The second-order valence-corrected chi connectivity index (χ2v) is 9.67. The van der Waals surface area contributed by atoms with E-state index in [1.165, 1.54) is 0 Å². The molecule has 0 saturated carbocycles. The first-order valence-corrected chi connectivity index (χ1v) is 13.7. The first-order chi connectivity index (χ1) is 18.5. The fourth-order valence-electron chi connectivity index (χ4n) is 3.76. The van der Waals surface area contributed by atoms with Crippen LogP contribution in [-0.2, 0) is 19.2 Å². The van der Waals surface area contributed by atoms with Crippen LogP contribution in [0.25, 0.3) is 0 Å². The van der Waals surface area contributed by atoms with Crippen LogP contribution in [0.15, 0.2) is 0 Å². The summed E-state index contributed by atoms with van der Waals surface area (Å²) < 4.78 is 0. The van der Waals surface area contributed by atoms with Crippen molar-refractivity contribution < 1.29 is 24.3 Å². The van der Waals surface area contributed by atoms with Gasteiger partial charge >= 0.3 is 5.97 Å². The minimum absolute atomic E-state index is 0.0369. The summed E-state index contributed by atoms with van der Waals surface area (Å²) in [6, 6.07) is -0.878. The Morgan fingerprint density at radius 2 is 1.21 bits per heavy atom. The van der Waals surface area contributed by atoms with Gasteiger partial charge < -0.3 is 43.2 Å². The van der Waals surface area contributed by atoms with Crippen molar-refractivity contribution >= 4 is 35.6 Å². The summed E-state index contributed by atoms with van der Waals surface area (Å²) >= 11 is 0. The van der Waals surface area contributed by atoms with Crippen LogP contribution in [0.2, 0.25) is 0 Å². The van der Waals surface area contributed by atoms with Crippen LogP contribution >= 0.6 is 0 Å². The number of amides is 3. The zero-order valence-electron chi connectivity index (χ0n) is 23.4. The van der Waals surface area contributed by atoms with E-state index in [2.05, 4.69) is 26.6 Å². The van der Waals surface area contributed by atoms with Gasteiger partial charge in [-0.15, -0.1) is 0 Å². The fraction of sp³-hybridized carbons (Fsp3) is 0.760. The Bertz CT molecular complexity index is 794. The molecule has 12 N–H and O–H groups in total. The van der Waals surface area contributed by atoms with Crippen LogP contribution in [0.4, 0.5) is 0 Å². The molecule has 0 aromatic carbocycles. The third-order valence-corrected chi connectivity index (χ3v) is 6.13. The smallest absolute Gasteiger partial charge is 0.307 e. The molecular weight excluding hydrogens is 506 g/mol. The number of aliphatic carboxylic acids is 1. The lowest BCUT2D eigenvalue weighted by Crippen LogP contribution is -2.56. The molecule has 0 spiro atoms. The highest BCUT2D eigenvalue weighted by Gasteiger charge is 2.28. The Morgan fingerprint density at radius 1 is 0.744 bits per heavy atom. The molecule has 0 unspecified atom stereocenters. The second kappa shape index (κ2) is 21.4. The first-order valence-electron chi connectivity index (χ1n) is 13.7. The summed E-state index contributed by atoms with van der Waals surface area (Å²) in [6.45, 7) is 4.82. The number of nitrogens with one attached hydrogen (secondary N) is 7. The molecule has 0 aliphatic rings. The maximum absolute atomic E-state index is 13.0. The highest BCUT2D eigenvalue weighted by molar-refractivity contribution is 5.88. The normalized spacial score (nSPS) is 12.9. The molecule has 0 aromatic rings. The van der Waals surface area contributed by atoms with Gasteiger partial charge in [0.1, 0.15) is 12.2 Å². The monoisotopic (exact) mass is 555 g/mol. The van der Waals surface area contributed by atoms with Crippen LogP contribution in [0, 0.1) is 16.7 Å². The Kier molecular flexibility index (Phi) is 19.4. The molecule has 0 saturated heterocycles. The van der Waals surface area contributed by atoms with E-state index in [1.807, 2.05) is 13.8 Å². The van der Waals surface area contributed by atoms with Gasteiger partial charge in [-0.3, -0.25) is 30.0 Å².